The van der Waals surface area contributed by atoms with Crippen molar-refractivity contribution < 1.29 is 19.2 Å². The zero-order valence-electron chi connectivity index (χ0n) is 17.9. The second kappa shape index (κ2) is 11.3. The Kier molecular flexibility index (Phi) is 8.04. The fourth-order valence-electron chi connectivity index (χ4n) is 2.88. The van der Waals surface area contributed by atoms with Crippen molar-refractivity contribution in [3.05, 3.63) is 86.9 Å². The summed E-state index contributed by atoms with van der Waals surface area (Å²) in [6.07, 6.45) is 2.72. The Bertz CT molecular complexity index is 1250. The zero-order chi connectivity index (χ0) is 24.5. The summed E-state index contributed by atoms with van der Waals surface area (Å²) in [5.41, 5.74) is 0.413. The van der Waals surface area contributed by atoms with Crippen LogP contribution in [-0.4, -0.2) is 28.3 Å². The lowest BCUT2D eigenvalue weighted by Crippen LogP contribution is -2.27. The van der Waals surface area contributed by atoms with E-state index in [2.05, 4.69) is 15.6 Å². The van der Waals surface area contributed by atoms with Gasteiger partial charge >= 0.3 is 0 Å². The molecule has 2 amide bonds. The molecule has 0 spiro atoms. The Morgan fingerprint density at radius 2 is 2.06 bits per heavy atom. The molecule has 1 unspecified atom stereocenters. The van der Waals surface area contributed by atoms with Crippen molar-refractivity contribution in [2.75, 3.05) is 11.9 Å². The van der Waals surface area contributed by atoms with Crippen molar-refractivity contribution >= 4 is 40.0 Å². The van der Waals surface area contributed by atoms with E-state index in [0.717, 1.165) is 5.56 Å². The van der Waals surface area contributed by atoms with Gasteiger partial charge in [0.1, 0.15) is 17.4 Å². The molecule has 11 heteroatoms. The number of thiazole rings is 1. The number of rotatable bonds is 9. The molecule has 0 saturated carbocycles. The molecule has 0 radical (unpaired) electrons. The van der Waals surface area contributed by atoms with Gasteiger partial charge in [-0.15, -0.1) is 11.3 Å². The lowest BCUT2D eigenvalue weighted by Gasteiger charge is -2.14. The number of hydrogen-bond donors (Lipinski definition) is 2. The predicted octanol–water partition coefficient (Wildman–Crippen LogP) is 3.85. The molecule has 0 bridgehead atoms. The Hall–Kier alpha value is -4.56. The van der Waals surface area contributed by atoms with Crippen LogP contribution in [0.1, 0.15) is 24.1 Å². The Morgan fingerprint density at radius 1 is 1.29 bits per heavy atom. The van der Waals surface area contributed by atoms with Gasteiger partial charge in [0.05, 0.1) is 11.0 Å². The first-order chi connectivity index (χ1) is 16.4. The molecular weight excluding hydrogens is 458 g/mol. The molecule has 1 heterocycles. The first-order valence-corrected chi connectivity index (χ1v) is 10.8. The highest BCUT2D eigenvalue weighted by atomic mass is 32.1. The monoisotopic (exact) mass is 477 g/mol. The van der Waals surface area contributed by atoms with E-state index in [0.29, 0.717) is 5.13 Å². The fourth-order valence-corrected chi connectivity index (χ4v) is 3.43. The van der Waals surface area contributed by atoms with Crippen LogP contribution in [0.25, 0.3) is 6.08 Å². The van der Waals surface area contributed by atoms with E-state index >= 15 is 0 Å². The van der Waals surface area contributed by atoms with Gasteiger partial charge in [0.2, 0.25) is 0 Å². The second-order valence-corrected chi connectivity index (χ2v) is 7.82. The van der Waals surface area contributed by atoms with Crippen LogP contribution in [0.15, 0.2) is 65.7 Å². The van der Waals surface area contributed by atoms with Gasteiger partial charge in [0, 0.05) is 29.3 Å². The molecule has 3 aromatic rings. The number of nitro groups is 1. The highest BCUT2D eigenvalue weighted by Crippen LogP contribution is 2.27. The van der Waals surface area contributed by atoms with Crippen LogP contribution >= 0.6 is 11.3 Å². The van der Waals surface area contributed by atoms with Gasteiger partial charge < -0.3 is 10.1 Å². The largest absolute Gasteiger partial charge is 0.483 e. The topological polar surface area (TPSA) is 147 Å². The molecule has 1 aromatic heterocycles. The summed E-state index contributed by atoms with van der Waals surface area (Å²) in [5, 5.41) is 28.1. The maximum absolute atomic E-state index is 12.7. The number of nitrogens with zero attached hydrogens (tertiary/aromatic N) is 3. The summed E-state index contributed by atoms with van der Waals surface area (Å²) >= 11 is 1.24. The number of ether oxygens (including phenoxy) is 1. The maximum Gasteiger partial charge on any atom is 0.270 e. The van der Waals surface area contributed by atoms with E-state index in [1.165, 1.54) is 41.8 Å². The van der Waals surface area contributed by atoms with E-state index in [4.69, 9.17) is 4.74 Å². The number of nitro benzene ring substituents is 1. The van der Waals surface area contributed by atoms with Crippen molar-refractivity contribution in [2.24, 2.45) is 0 Å². The van der Waals surface area contributed by atoms with Gasteiger partial charge in [-0.25, -0.2) is 4.98 Å². The van der Waals surface area contributed by atoms with Gasteiger partial charge in [0.25, 0.3) is 17.5 Å². The van der Waals surface area contributed by atoms with E-state index in [1.807, 2.05) is 36.4 Å². The van der Waals surface area contributed by atoms with E-state index < -0.39 is 23.3 Å². The molecular formula is C23H19N5O5S. The summed E-state index contributed by atoms with van der Waals surface area (Å²) in [4.78, 5) is 39.4. The number of aromatic nitrogens is 1. The summed E-state index contributed by atoms with van der Waals surface area (Å²) < 4.78 is 5.51. The SMILES string of the molecule is CC(NC(=O)/C(C#N)=C/c1cc([N+](=O)[O-])ccc1OCC(=O)Nc1nccs1)c1ccccc1. The summed E-state index contributed by atoms with van der Waals surface area (Å²) in [7, 11) is 0. The molecule has 0 aliphatic heterocycles. The molecule has 0 fully saturated rings. The van der Waals surface area contributed by atoms with Gasteiger partial charge in [-0.3, -0.25) is 25.0 Å². The van der Waals surface area contributed by atoms with Crippen LogP contribution in [0.3, 0.4) is 0 Å². The number of carbonyl (C=O) groups excluding carboxylic acids is 2. The normalized spacial score (nSPS) is 11.7. The molecule has 172 valence electrons. The van der Waals surface area contributed by atoms with Crippen LogP contribution in [0.5, 0.6) is 5.75 Å². The minimum atomic E-state index is -0.655. The molecule has 2 aromatic carbocycles. The van der Waals surface area contributed by atoms with Crippen molar-refractivity contribution in [1.29, 1.82) is 5.26 Å². The average molecular weight is 478 g/mol. The van der Waals surface area contributed by atoms with Crippen molar-refractivity contribution in [3.63, 3.8) is 0 Å². The van der Waals surface area contributed by atoms with Crippen LogP contribution in [-0.2, 0) is 9.59 Å². The van der Waals surface area contributed by atoms with Crippen molar-refractivity contribution in [3.8, 4) is 11.8 Å². The van der Waals surface area contributed by atoms with Crippen LogP contribution in [0.4, 0.5) is 10.8 Å². The quantitative estimate of drug-likeness (QED) is 0.206. The third-order valence-electron chi connectivity index (χ3n) is 4.55. The average Bonchev–Trinajstić information content (AvgIpc) is 3.34. The highest BCUT2D eigenvalue weighted by Gasteiger charge is 2.17. The lowest BCUT2D eigenvalue weighted by molar-refractivity contribution is -0.384. The molecule has 1 atom stereocenters. The van der Waals surface area contributed by atoms with Gasteiger partial charge in [-0.2, -0.15) is 5.26 Å². The summed E-state index contributed by atoms with van der Waals surface area (Å²) in [5.74, 6) is -1.05. The third kappa shape index (κ3) is 6.47. The van der Waals surface area contributed by atoms with Gasteiger partial charge in [-0.05, 0) is 24.6 Å². The van der Waals surface area contributed by atoms with Crippen LogP contribution in [0, 0.1) is 21.4 Å². The Morgan fingerprint density at radius 3 is 2.71 bits per heavy atom. The summed E-state index contributed by atoms with van der Waals surface area (Å²) in [6.45, 7) is 1.36. The molecule has 10 nitrogen and oxygen atoms in total. The number of benzene rings is 2. The number of nitrogens with one attached hydrogen (secondary N) is 2. The van der Waals surface area contributed by atoms with Gasteiger partial charge in [-0.1, -0.05) is 30.3 Å². The van der Waals surface area contributed by atoms with Gasteiger partial charge in [0.15, 0.2) is 11.7 Å². The minimum absolute atomic E-state index is 0.0940. The van der Waals surface area contributed by atoms with E-state index in [9.17, 15) is 25.0 Å². The molecule has 3 rings (SSSR count). The molecule has 0 saturated heterocycles. The van der Waals surface area contributed by atoms with Crippen LogP contribution in [0.2, 0.25) is 0 Å². The standard InChI is InChI=1S/C23H19N5O5S/c1-15(16-5-3-2-4-6-16)26-22(30)18(13-24)11-17-12-19(28(31)32)7-8-20(17)33-14-21(29)27-23-25-9-10-34-23/h2-12,15H,14H2,1H3,(H,26,30)(H,25,27,29)/b18-11+. The highest BCUT2D eigenvalue weighted by molar-refractivity contribution is 7.13. The van der Waals surface area contributed by atoms with Crippen LogP contribution < -0.4 is 15.4 Å². The van der Waals surface area contributed by atoms with Crippen molar-refractivity contribution in [1.82, 2.24) is 10.3 Å². The predicted molar refractivity (Wildman–Crippen MR) is 126 cm³/mol. The molecule has 2 N–H and O–H groups in total. The number of nitriles is 1. The first-order valence-electron chi connectivity index (χ1n) is 9.95. The first kappa shape index (κ1) is 24.1. The smallest absolute Gasteiger partial charge is 0.270 e. The third-order valence-corrected chi connectivity index (χ3v) is 5.24. The molecule has 0 aliphatic carbocycles. The lowest BCUT2D eigenvalue weighted by atomic mass is 10.1. The number of anilines is 1. The van der Waals surface area contributed by atoms with Crippen molar-refractivity contribution in [2.45, 2.75) is 13.0 Å². The Labute approximate surface area is 198 Å². The number of carbonyl (C=O) groups is 2. The van der Waals surface area contributed by atoms with E-state index in [1.54, 1.807) is 12.3 Å². The second-order valence-electron chi connectivity index (χ2n) is 6.93. The molecule has 0 aliphatic rings. The number of hydrogen-bond acceptors (Lipinski definition) is 8. The minimum Gasteiger partial charge on any atom is -0.483 e. The van der Waals surface area contributed by atoms with E-state index in [-0.39, 0.29) is 28.6 Å². The number of amides is 2. The zero-order valence-corrected chi connectivity index (χ0v) is 18.7. The maximum atomic E-state index is 12.7. The molecule has 34 heavy (non-hydrogen) atoms. The number of non-ortho nitro benzene ring substituents is 1. The fraction of sp³-hybridized carbons (Fsp3) is 0.130. The summed E-state index contributed by atoms with van der Waals surface area (Å²) in [6, 6.07) is 14.3. The Balaban J connectivity index is 1.80.